The molecule has 128 valence electrons. The second kappa shape index (κ2) is 7.44. The molecule has 0 aliphatic heterocycles. The van der Waals surface area contributed by atoms with Gasteiger partial charge in [-0.3, -0.25) is 14.9 Å². The van der Waals surface area contributed by atoms with Gasteiger partial charge in [0.2, 0.25) is 0 Å². The van der Waals surface area contributed by atoms with E-state index in [9.17, 15) is 9.59 Å². The topological polar surface area (TPSA) is 94.3 Å². The fraction of sp³-hybridized carbons (Fsp3) is 0.353. The first-order valence-corrected chi connectivity index (χ1v) is 8.43. The van der Waals surface area contributed by atoms with E-state index < -0.39 is 12.0 Å². The van der Waals surface area contributed by atoms with Crippen LogP contribution < -0.4 is 15.8 Å². The first-order chi connectivity index (χ1) is 11.3. The monoisotopic (exact) mass is 347 g/mol. The summed E-state index contributed by atoms with van der Waals surface area (Å²) < 4.78 is 5.69. The highest BCUT2D eigenvalue weighted by atomic mass is 32.1. The van der Waals surface area contributed by atoms with Gasteiger partial charge in [-0.25, -0.2) is 4.98 Å². The quantitative estimate of drug-likeness (QED) is 0.839. The fourth-order valence-corrected chi connectivity index (χ4v) is 2.95. The first kappa shape index (κ1) is 17.9. The van der Waals surface area contributed by atoms with Crippen molar-refractivity contribution in [3.05, 3.63) is 40.4 Å². The molecular formula is C17H21N3O3S. The molecule has 1 heterocycles. The molecule has 0 aliphatic carbocycles. The van der Waals surface area contributed by atoms with Crippen LogP contribution in [0, 0.1) is 6.92 Å². The molecule has 0 saturated heterocycles. The van der Waals surface area contributed by atoms with Crippen LogP contribution in [-0.2, 0) is 4.79 Å². The maximum absolute atomic E-state index is 12.2. The third kappa shape index (κ3) is 4.32. The van der Waals surface area contributed by atoms with Crippen molar-refractivity contribution in [2.24, 2.45) is 5.73 Å². The van der Waals surface area contributed by atoms with Gasteiger partial charge in [-0.1, -0.05) is 31.3 Å². The van der Waals surface area contributed by atoms with Crippen molar-refractivity contribution in [1.82, 2.24) is 4.98 Å². The zero-order valence-corrected chi connectivity index (χ0v) is 14.9. The van der Waals surface area contributed by atoms with Crippen LogP contribution in [-0.4, -0.2) is 22.9 Å². The smallest absolute Gasteiger partial charge is 0.266 e. The van der Waals surface area contributed by atoms with Gasteiger partial charge in [0.15, 0.2) is 11.2 Å². The number of nitrogens with one attached hydrogen (secondary N) is 1. The van der Waals surface area contributed by atoms with Crippen LogP contribution in [0.1, 0.15) is 47.5 Å². The molecule has 2 rings (SSSR count). The molecule has 0 radical (unpaired) electrons. The number of benzene rings is 1. The van der Waals surface area contributed by atoms with Gasteiger partial charge >= 0.3 is 0 Å². The zero-order valence-electron chi connectivity index (χ0n) is 14.1. The summed E-state index contributed by atoms with van der Waals surface area (Å²) in [4.78, 5) is 27.4. The van der Waals surface area contributed by atoms with E-state index >= 15 is 0 Å². The van der Waals surface area contributed by atoms with E-state index in [-0.39, 0.29) is 5.91 Å². The van der Waals surface area contributed by atoms with E-state index in [4.69, 9.17) is 10.5 Å². The van der Waals surface area contributed by atoms with Gasteiger partial charge in [-0.05, 0) is 43.0 Å². The average Bonchev–Trinajstić information content (AvgIpc) is 2.95. The number of anilines is 1. The van der Waals surface area contributed by atoms with Crippen LogP contribution in [0.5, 0.6) is 5.75 Å². The lowest BCUT2D eigenvalue weighted by Gasteiger charge is -2.16. The molecule has 1 aromatic heterocycles. The highest BCUT2D eigenvalue weighted by molar-refractivity contribution is 7.17. The molecule has 0 bridgehead atoms. The molecular weight excluding hydrogens is 326 g/mol. The Hall–Kier alpha value is -2.41. The maximum atomic E-state index is 12.2. The summed E-state index contributed by atoms with van der Waals surface area (Å²) in [5.41, 5.74) is 7.54. The van der Waals surface area contributed by atoms with Crippen LogP contribution in [0.25, 0.3) is 0 Å². The van der Waals surface area contributed by atoms with Crippen LogP contribution in [0.2, 0.25) is 0 Å². The maximum Gasteiger partial charge on any atom is 0.266 e. The summed E-state index contributed by atoms with van der Waals surface area (Å²) in [7, 11) is 0. The van der Waals surface area contributed by atoms with Crippen molar-refractivity contribution in [2.45, 2.75) is 39.7 Å². The number of nitrogens with zero attached hydrogens (tertiary/aromatic N) is 1. The van der Waals surface area contributed by atoms with E-state index in [0.717, 1.165) is 16.9 Å². The molecule has 1 unspecified atom stereocenters. The molecule has 1 atom stereocenters. The standard InChI is InChI=1S/C17H21N3O3S/c1-9(2)13-6-5-12(7-10(13)3)23-11(4)16(22)20-17-19-8-14(24-17)15(18)21/h5-9,11H,1-4H3,(H2,18,21)(H,19,20,22). The number of amides is 2. The number of primary amides is 1. The number of aromatic nitrogens is 1. The Morgan fingerprint density at radius 1 is 1.29 bits per heavy atom. The Bertz CT molecular complexity index is 755. The minimum absolute atomic E-state index is 0.291. The lowest BCUT2D eigenvalue weighted by atomic mass is 9.98. The number of ether oxygens (including phenoxy) is 1. The summed E-state index contributed by atoms with van der Waals surface area (Å²) >= 11 is 1.03. The van der Waals surface area contributed by atoms with Gasteiger partial charge in [0.1, 0.15) is 10.6 Å². The number of hydrogen-bond donors (Lipinski definition) is 2. The van der Waals surface area contributed by atoms with E-state index in [0.29, 0.717) is 21.7 Å². The van der Waals surface area contributed by atoms with Gasteiger partial charge in [-0.2, -0.15) is 0 Å². The Labute approximate surface area is 145 Å². The summed E-state index contributed by atoms with van der Waals surface area (Å²) in [5, 5.41) is 2.93. The molecule has 3 N–H and O–H groups in total. The Balaban J connectivity index is 2.00. The number of nitrogens with two attached hydrogens (primary N) is 1. The first-order valence-electron chi connectivity index (χ1n) is 7.61. The third-order valence-electron chi connectivity index (χ3n) is 3.52. The third-order valence-corrected chi connectivity index (χ3v) is 4.45. The largest absolute Gasteiger partial charge is 0.481 e. The highest BCUT2D eigenvalue weighted by Gasteiger charge is 2.17. The number of hydrogen-bond acceptors (Lipinski definition) is 5. The van der Waals surface area contributed by atoms with Crippen LogP contribution in [0.3, 0.4) is 0 Å². The molecule has 0 fully saturated rings. The van der Waals surface area contributed by atoms with Crippen LogP contribution in [0.4, 0.5) is 5.13 Å². The van der Waals surface area contributed by atoms with Crippen molar-refractivity contribution in [3.8, 4) is 5.75 Å². The van der Waals surface area contributed by atoms with Crippen molar-refractivity contribution < 1.29 is 14.3 Å². The van der Waals surface area contributed by atoms with Crippen LogP contribution in [0.15, 0.2) is 24.4 Å². The summed E-state index contributed by atoms with van der Waals surface area (Å²) in [5.74, 6) is 0.157. The predicted molar refractivity (Wildman–Crippen MR) is 94.6 cm³/mol. The summed E-state index contributed by atoms with van der Waals surface area (Å²) in [6.07, 6.45) is 0.637. The fourth-order valence-electron chi connectivity index (χ4n) is 2.28. The number of aryl methyl sites for hydroxylation is 1. The molecule has 0 spiro atoms. The van der Waals surface area contributed by atoms with E-state index in [1.807, 2.05) is 25.1 Å². The number of thiazole rings is 1. The van der Waals surface area contributed by atoms with Gasteiger partial charge in [0.25, 0.3) is 11.8 Å². The summed E-state index contributed by atoms with van der Waals surface area (Å²) in [6, 6.07) is 5.80. The van der Waals surface area contributed by atoms with Crippen molar-refractivity contribution in [2.75, 3.05) is 5.32 Å². The van der Waals surface area contributed by atoms with Gasteiger partial charge < -0.3 is 10.5 Å². The van der Waals surface area contributed by atoms with Crippen molar-refractivity contribution in [1.29, 1.82) is 0 Å². The zero-order chi connectivity index (χ0) is 17.9. The minimum Gasteiger partial charge on any atom is -0.481 e. The number of carbonyl (C=O) groups excluding carboxylic acids is 2. The van der Waals surface area contributed by atoms with E-state index in [1.165, 1.54) is 11.8 Å². The SMILES string of the molecule is Cc1cc(OC(C)C(=O)Nc2ncc(C(N)=O)s2)ccc1C(C)C. The molecule has 7 heteroatoms. The van der Waals surface area contributed by atoms with Gasteiger partial charge in [-0.15, -0.1) is 0 Å². The molecule has 6 nitrogen and oxygen atoms in total. The second-order valence-corrected chi connectivity index (χ2v) is 6.85. The predicted octanol–water partition coefficient (Wildman–Crippen LogP) is 3.08. The Kier molecular flexibility index (Phi) is 5.56. The van der Waals surface area contributed by atoms with Crippen LogP contribution >= 0.6 is 11.3 Å². The minimum atomic E-state index is -0.699. The van der Waals surface area contributed by atoms with Crippen molar-refractivity contribution in [3.63, 3.8) is 0 Å². The number of carbonyl (C=O) groups is 2. The summed E-state index contributed by atoms with van der Waals surface area (Å²) in [6.45, 7) is 7.94. The van der Waals surface area contributed by atoms with Gasteiger partial charge in [0, 0.05) is 0 Å². The second-order valence-electron chi connectivity index (χ2n) is 5.82. The Morgan fingerprint density at radius 3 is 2.54 bits per heavy atom. The molecule has 2 amide bonds. The lowest BCUT2D eigenvalue weighted by molar-refractivity contribution is -0.122. The lowest BCUT2D eigenvalue weighted by Crippen LogP contribution is -2.30. The average molecular weight is 347 g/mol. The van der Waals surface area contributed by atoms with E-state index in [2.05, 4.69) is 24.1 Å². The molecule has 1 aromatic carbocycles. The highest BCUT2D eigenvalue weighted by Crippen LogP contribution is 2.24. The Morgan fingerprint density at radius 2 is 2.00 bits per heavy atom. The normalized spacial score (nSPS) is 12.0. The number of rotatable bonds is 6. The molecule has 2 aromatic rings. The molecule has 0 saturated carbocycles. The van der Waals surface area contributed by atoms with Gasteiger partial charge in [0.05, 0.1) is 6.20 Å². The molecule has 24 heavy (non-hydrogen) atoms. The molecule has 0 aliphatic rings. The van der Waals surface area contributed by atoms with E-state index in [1.54, 1.807) is 6.92 Å². The van der Waals surface area contributed by atoms with Crippen molar-refractivity contribution >= 4 is 28.3 Å².